The molecule has 1 aromatic rings. The summed E-state index contributed by atoms with van der Waals surface area (Å²) in [6, 6.07) is 9.08. The van der Waals surface area contributed by atoms with Crippen molar-refractivity contribution in [2.45, 2.75) is 39.0 Å². The summed E-state index contributed by atoms with van der Waals surface area (Å²) in [7, 11) is 0. The lowest BCUT2D eigenvalue weighted by molar-refractivity contribution is -0.00371. The molecule has 0 saturated carbocycles. The first kappa shape index (κ1) is 15.4. The van der Waals surface area contributed by atoms with Gasteiger partial charge in [0.1, 0.15) is 0 Å². The minimum Gasteiger partial charge on any atom is -0.372 e. The number of amides is 2. The van der Waals surface area contributed by atoms with E-state index in [0.717, 1.165) is 10.6 Å². The van der Waals surface area contributed by atoms with E-state index in [-0.39, 0.29) is 12.1 Å². The van der Waals surface area contributed by atoms with Gasteiger partial charge >= 0.3 is 6.03 Å². The third-order valence-corrected chi connectivity index (χ3v) is 3.03. The van der Waals surface area contributed by atoms with Gasteiger partial charge in [-0.05, 0) is 18.9 Å². The van der Waals surface area contributed by atoms with Crippen LogP contribution in [-0.4, -0.2) is 23.2 Å². The summed E-state index contributed by atoms with van der Waals surface area (Å²) in [5.41, 5.74) is 3.09. The van der Waals surface area contributed by atoms with Crippen molar-refractivity contribution in [2.75, 3.05) is 0 Å². The molecule has 0 bridgehead atoms. The fraction of sp³-hybridized carbons (Fsp3) is 0.462. The van der Waals surface area contributed by atoms with Crippen molar-refractivity contribution in [3.8, 4) is 0 Å². The van der Waals surface area contributed by atoms with Crippen molar-refractivity contribution in [1.29, 1.82) is 0 Å². The molecule has 0 aliphatic heterocycles. The van der Waals surface area contributed by atoms with E-state index in [2.05, 4.69) is 0 Å². The quantitative estimate of drug-likeness (QED) is 0.409. The molecule has 0 aliphatic carbocycles. The highest BCUT2D eigenvalue weighted by molar-refractivity contribution is 5.73. The zero-order valence-corrected chi connectivity index (χ0v) is 11.4. The number of hydrogen-bond acceptors (Lipinski definition) is 4. The normalized spacial score (nSPS) is 13.7. The summed E-state index contributed by atoms with van der Waals surface area (Å²) in [4.78, 5) is 11.4. The summed E-state index contributed by atoms with van der Waals surface area (Å²) in [6.45, 7) is 4.31. The van der Waals surface area contributed by atoms with Crippen LogP contribution < -0.4 is 17.1 Å². The van der Waals surface area contributed by atoms with Crippen molar-refractivity contribution < 1.29 is 9.53 Å². The lowest BCUT2D eigenvalue weighted by atomic mass is 10.1. The Labute approximate surface area is 113 Å². The summed E-state index contributed by atoms with van der Waals surface area (Å²) in [5.74, 6) is 10.8. The highest BCUT2D eigenvalue weighted by atomic mass is 16.5. The van der Waals surface area contributed by atoms with Gasteiger partial charge in [-0.1, -0.05) is 37.3 Å². The van der Waals surface area contributed by atoms with Gasteiger partial charge in [-0.3, -0.25) is 10.4 Å². The predicted molar refractivity (Wildman–Crippen MR) is 73.5 cm³/mol. The number of nitrogens with zero attached hydrogens (tertiary/aromatic N) is 1. The number of carbonyl (C=O) groups excluding carboxylic acids is 1. The molecule has 1 rings (SSSR count). The molecule has 2 amide bonds. The molecule has 0 aromatic heterocycles. The van der Waals surface area contributed by atoms with Crippen molar-refractivity contribution in [3.05, 3.63) is 35.9 Å². The molecule has 6 heteroatoms. The molecule has 0 aliphatic rings. The molecule has 19 heavy (non-hydrogen) atoms. The molecule has 0 fully saturated rings. The van der Waals surface area contributed by atoms with E-state index in [0.29, 0.717) is 13.0 Å². The van der Waals surface area contributed by atoms with Crippen LogP contribution in [0.4, 0.5) is 4.79 Å². The second-order valence-electron chi connectivity index (χ2n) is 4.33. The first-order chi connectivity index (χ1) is 9.10. The Balaban J connectivity index is 2.54. The molecule has 0 spiro atoms. The molecule has 5 N–H and O–H groups in total. The third kappa shape index (κ3) is 4.51. The number of nitrogens with two attached hydrogens (primary N) is 2. The molecular weight excluding hydrogens is 244 g/mol. The minimum atomic E-state index is -0.526. The number of ether oxygens (including phenoxy) is 1. The van der Waals surface area contributed by atoms with Crippen LogP contribution in [0.2, 0.25) is 0 Å². The van der Waals surface area contributed by atoms with Crippen LogP contribution in [0.15, 0.2) is 30.3 Å². The van der Waals surface area contributed by atoms with E-state index in [9.17, 15) is 4.79 Å². The second kappa shape index (κ2) is 7.73. The van der Waals surface area contributed by atoms with Crippen molar-refractivity contribution in [2.24, 2.45) is 11.7 Å². The molecule has 1 aromatic carbocycles. The van der Waals surface area contributed by atoms with Gasteiger partial charge in [0.2, 0.25) is 0 Å². The number of urea groups is 1. The first-order valence-electron chi connectivity index (χ1n) is 6.30. The maximum absolute atomic E-state index is 11.4. The summed E-state index contributed by atoms with van der Waals surface area (Å²) < 4.78 is 5.75. The Bertz CT molecular complexity index is 385. The molecular formula is C13H22N4O2. The van der Waals surface area contributed by atoms with Gasteiger partial charge in [-0.15, -0.1) is 0 Å². The topological polar surface area (TPSA) is 93.6 Å². The number of hydrazine groups is 2. The maximum atomic E-state index is 11.4. The molecule has 0 radical (unpaired) electrons. The van der Waals surface area contributed by atoms with Crippen molar-refractivity contribution >= 4 is 6.03 Å². The van der Waals surface area contributed by atoms with Crippen LogP contribution in [0.5, 0.6) is 0 Å². The monoisotopic (exact) mass is 266 g/mol. The molecule has 106 valence electrons. The lowest BCUT2D eigenvalue weighted by Gasteiger charge is -2.30. The molecule has 0 heterocycles. The second-order valence-corrected chi connectivity index (χ2v) is 4.33. The Morgan fingerprint density at radius 1 is 1.42 bits per heavy atom. The standard InChI is InChI=1S/C13H22N4O2/c1-3-12(17(15)13(18)16-14)10(2)19-9-11-7-5-4-6-8-11/h4-8,10,12H,3,9,14-15H2,1-2H3,(H,16,18). The zero-order valence-electron chi connectivity index (χ0n) is 11.4. The van der Waals surface area contributed by atoms with E-state index in [1.165, 1.54) is 0 Å². The Kier molecular flexibility index (Phi) is 6.27. The highest BCUT2D eigenvalue weighted by Crippen LogP contribution is 2.12. The maximum Gasteiger partial charge on any atom is 0.345 e. The van der Waals surface area contributed by atoms with E-state index in [4.69, 9.17) is 16.4 Å². The number of hydrogen-bond donors (Lipinski definition) is 3. The Morgan fingerprint density at radius 2 is 2.05 bits per heavy atom. The number of nitrogens with one attached hydrogen (secondary N) is 1. The average Bonchev–Trinajstić information content (AvgIpc) is 2.45. The lowest BCUT2D eigenvalue weighted by Crippen LogP contribution is -2.55. The molecule has 2 unspecified atom stereocenters. The fourth-order valence-electron chi connectivity index (χ4n) is 1.89. The smallest absolute Gasteiger partial charge is 0.345 e. The summed E-state index contributed by atoms with van der Waals surface area (Å²) >= 11 is 0. The van der Waals surface area contributed by atoms with Crippen LogP contribution in [0.1, 0.15) is 25.8 Å². The molecule has 0 saturated heterocycles. The fourth-order valence-corrected chi connectivity index (χ4v) is 1.89. The van der Waals surface area contributed by atoms with Crippen molar-refractivity contribution in [3.63, 3.8) is 0 Å². The zero-order chi connectivity index (χ0) is 14.3. The predicted octanol–water partition coefficient (Wildman–Crippen LogP) is 1.13. The van der Waals surface area contributed by atoms with Gasteiger partial charge in [0.15, 0.2) is 0 Å². The number of benzene rings is 1. The van der Waals surface area contributed by atoms with Crippen LogP contribution in [0, 0.1) is 0 Å². The summed E-state index contributed by atoms with van der Waals surface area (Å²) in [5, 5.41) is 1.08. The number of carbonyl (C=O) groups is 1. The molecule has 2 atom stereocenters. The van der Waals surface area contributed by atoms with Gasteiger partial charge in [0.25, 0.3) is 0 Å². The SMILES string of the molecule is CCC(C(C)OCc1ccccc1)N(N)C(=O)NN. The van der Waals surface area contributed by atoms with E-state index < -0.39 is 6.03 Å². The van der Waals surface area contributed by atoms with Gasteiger partial charge < -0.3 is 4.74 Å². The van der Waals surface area contributed by atoms with E-state index >= 15 is 0 Å². The van der Waals surface area contributed by atoms with E-state index in [1.54, 1.807) is 0 Å². The highest BCUT2D eigenvalue weighted by Gasteiger charge is 2.25. The van der Waals surface area contributed by atoms with Crippen LogP contribution in [0.25, 0.3) is 0 Å². The average molecular weight is 266 g/mol. The van der Waals surface area contributed by atoms with Gasteiger partial charge in [0, 0.05) is 0 Å². The van der Waals surface area contributed by atoms with Gasteiger partial charge in [-0.25, -0.2) is 16.5 Å². The van der Waals surface area contributed by atoms with Gasteiger partial charge in [-0.2, -0.15) is 0 Å². The largest absolute Gasteiger partial charge is 0.372 e. The number of rotatable bonds is 6. The Morgan fingerprint density at radius 3 is 2.58 bits per heavy atom. The van der Waals surface area contributed by atoms with Crippen LogP contribution in [-0.2, 0) is 11.3 Å². The van der Waals surface area contributed by atoms with Crippen LogP contribution in [0.3, 0.4) is 0 Å². The minimum absolute atomic E-state index is 0.187. The molecule has 6 nitrogen and oxygen atoms in total. The van der Waals surface area contributed by atoms with Crippen molar-refractivity contribution in [1.82, 2.24) is 10.4 Å². The first-order valence-corrected chi connectivity index (χ1v) is 6.30. The third-order valence-electron chi connectivity index (χ3n) is 3.03. The summed E-state index contributed by atoms with van der Waals surface area (Å²) in [6.07, 6.45) is 0.493. The Hall–Kier alpha value is -1.63. The van der Waals surface area contributed by atoms with Gasteiger partial charge in [0.05, 0.1) is 18.8 Å². The van der Waals surface area contributed by atoms with E-state index in [1.807, 2.05) is 49.6 Å². The van der Waals surface area contributed by atoms with Crippen LogP contribution >= 0.6 is 0 Å².